The molecule has 3 heterocycles. The fourth-order valence-corrected chi connectivity index (χ4v) is 4.16. The summed E-state index contributed by atoms with van der Waals surface area (Å²) in [6.45, 7) is 6.72. The number of hydrogen-bond acceptors (Lipinski definition) is 5. The lowest BCUT2D eigenvalue weighted by Crippen LogP contribution is -2.41. The van der Waals surface area contributed by atoms with Crippen LogP contribution in [0.1, 0.15) is 35.7 Å². The van der Waals surface area contributed by atoms with Crippen molar-refractivity contribution in [1.29, 1.82) is 0 Å². The summed E-state index contributed by atoms with van der Waals surface area (Å²) in [5.74, 6) is 0.877. The second kappa shape index (κ2) is 9.14. The Morgan fingerprint density at radius 3 is 2.37 bits per heavy atom. The molecule has 0 unspecified atom stereocenters. The molecule has 0 N–H and O–H groups in total. The normalized spacial score (nSPS) is 17.9. The topological polar surface area (TPSA) is 74.6 Å². The number of likely N-dealkylation sites (tertiary alicyclic amines) is 1. The molecule has 4 rings (SSSR count). The maximum absolute atomic E-state index is 13.0. The van der Waals surface area contributed by atoms with Crippen molar-refractivity contribution in [3.63, 3.8) is 0 Å². The third kappa shape index (κ3) is 4.65. The standard InChI is InChI=1S/C21H27ClN6O2/c1-16-23-20(24-28(16)18-7-5-17(22)6-8-18)21(30)27-12-4-9-25(13-14-27)15-19(29)26-10-2-3-11-26/h5-8H,2-4,9-15H2,1H3. The Balaban J connectivity index is 1.38. The average molecular weight is 431 g/mol. The zero-order valence-corrected chi connectivity index (χ0v) is 18.0. The van der Waals surface area contributed by atoms with E-state index in [1.165, 1.54) is 0 Å². The van der Waals surface area contributed by atoms with Crippen molar-refractivity contribution in [1.82, 2.24) is 29.5 Å². The Labute approximate surface area is 181 Å². The Kier molecular flexibility index (Phi) is 6.34. The zero-order valence-electron chi connectivity index (χ0n) is 17.3. The molecule has 2 fully saturated rings. The van der Waals surface area contributed by atoms with Crippen LogP contribution in [-0.4, -0.2) is 87.1 Å². The zero-order chi connectivity index (χ0) is 21.1. The van der Waals surface area contributed by atoms with E-state index in [0.717, 1.165) is 44.6 Å². The molecular formula is C21H27ClN6O2. The molecule has 2 saturated heterocycles. The second-order valence-corrected chi connectivity index (χ2v) is 8.32. The fourth-order valence-electron chi connectivity index (χ4n) is 4.04. The van der Waals surface area contributed by atoms with Crippen molar-refractivity contribution in [2.75, 3.05) is 45.8 Å². The highest BCUT2D eigenvalue weighted by atomic mass is 35.5. The summed E-state index contributed by atoms with van der Waals surface area (Å²) in [7, 11) is 0. The van der Waals surface area contributed by atoms with E-state index in [9.17, 15) is 9.59 Å². The van der Waals surface area contributed by atoms with E-state index in [1.807, 2.05) is 24.0 Å². The smallest absolute Gasteiger partial charge is 0.293 e. The summed E-state index contributed by atoms with van der Waals surface area (Å²) in [6.07, 6.45) is 3.03. The van der Waals surface area contributed by atoms with Gasteiger partial charge in [0.1, 0.15) is 5.82 Å². The van der Waals surface area contributed by atoms with Crippen molar-refractivity contribution >= 4 is 23.4 Å². The van der Waals surface area contributed by atoms with Crippen LogP contribution in [0.25, 0.3) is 5.69 Å². The number of carbonyl (C=O) groups excluding carboxylic acids is 2. The molecule has 0 aliphatic carbocycles. The van der Waals surface area contributed by atoms with Crippen LogP contribution in [-0.2, 0) is 4.79 Å². The van der Waals surface area contributed by atoms with E-state index >= 15 is 0 Å². The largest absolute Gasteiger partial charge is 0.342 e. The molecule has 1 aromatic carbocycles. The first kappa shape index (κ1) is 20.8. The van der Waals surface area contributed by atoms with Gasteiger partial charge in [0.2, 0.25) is 11.7 Å². The Bertz CT molecular complexity index is 907. The molecule has 0 spiro atoms. The number of aromatic nitrogens is 3. The monoisotopic (exact) mass is 430 g/mol. The minimum atomic E-state index is -0.168. The molecule has 1 aromatic heterocycles. The predicted octanol–water partition coefficient (Wildman–Crippen LogP) is 2.00. The Morgan fingerprint density at radius 1 is 0.933 bits per heavy atom. The van der Waals surface area contributed by atoms with Gasteiger partial charge in [-0.2, -0.15) is 0 Å². The number of halogens is 1. The second-order valence-electron chi connectivity index (χ2n) is 7.88. The molecule has 9 heteroatoms. The SMILES string of the molecule is Cc1nc(C(=O)N2CCCN(CC(=O)N3CCCC3)CC2)nn1-c1ccc(Cl)cc1. The van der Waals surface area contributed by atoms with Crippen molar-refractivity contribution in [2.24, 2.45) is 0 Å². The van der Waals surface area contributed by atoms with Gasteiger partial charge in [0.15, 0.2) is 0 Å². The van der Waals surface area contributed by atoms with Crippen molar-refractivity contribution in [3.05, 3.63) is 40.9 Å². The van der Waals surface area contributed by atoms with Gasteiger partial charge < -0.3 is 9.80 Å². The van der Waals surface area contributed by atoms with E-state index < -0.39 is 0 Å². The van der Waals surface area contributed by atoms with Gasteiger partial charge >= 0.3 is 0 Å². The predicted molar refractivity (Wildman–Crippen MR) is 114 cm³/mol. The lowest BCUT2D eigenvalue weighted by Gasteiger charge is -2.23. The van der Waals surface area contributed by atoms with Gasteiger partial charge in [-0.15, -0.1) is 5.10 Å². The lowest BCUT2D eigenvalue weighted by atomic mass is 10.3. The molecule has 2 aromatic rings. The third-order valence-corrected chi connectivity index (χ3v) is 5.98. The highest BCUT2D eigenvalue weighted by molar-refractivity contribution is 6.30. The average Bonchev–Trinajstić information content (AvgIpc) is 3.35. The van der Waals surface area contributed by atoms with Crippen molar-refractivity contribution < 1.29 is 9.59 Å². The minimum Gasteiger partial charge on any atom is -0.342 e. The number of hydrogen-bond donors (Lipinski definition) is 0. The van der Waals surface area contributed by atoms with E-state index in [1.54, 1.807) is 21.7 Å². The molecule has 2 aliphatic heterocycles. The molecule has 160 valence electrons. The first-order valence-electron chi connectivity index (χ1n) is 10.5. The number of carbonyl (C=O) groups is 2. The van der Waals surface area contributed by atoms with Crippen LogP contribution in [0.3, 0.4) is 0 Å². The van der Waals surface area contributed by atoms with E-state index in [4.69, 9.17) is 11.6 Å². The quantitative estimate of drug-likeness (QED) is 0.741. The summed E-state index contributed by atoms with van der Waals surface area (Å²) < 4.78 is 1.66. The first-order valence-corrected chi connectivity index (χ1v) is 10.9. The molecule has 0 atom stereocenters. The first-order chi connectivity index (χ1) is 14.5. The van der Waals surface area contributed by atoms with Crippen LogP contribution in [0.15, 0.2) is 24.3 Å². The Morgan fingerprint density at radius 2 is 1.63 bits per heavy atom. The summed E-state index contributed by atoms with van der Waals surface area (Å²) in [5.41, 5.74) is 0.811. The number of rotatable bonds is 4. The molecule has 30 heavy (non-hydrogen) atoms. The molecule has 2 amide bonds. The molecule has 0 saturated carbocycles. The van der Waals surface area contributed by atoms with Gasteiger partial charge in [0.05, 0.1) is 12.2 Å². The highest BCUT2D eigenvalue weighted by Gasteiger charge is 2.26. The van der Waals surface area contributed by atoms with E-state index in [-0.39, 0.29) is 17.6 Å². The Hall–Kier alpha value is -2.45. The van der Waals surface area contributed by atoms with Gasteiger partial charge in [-0.05, 0) is 50.5 Å². The maximum atomic E-state index is 13.0. The van der Waals surface area contributed by atoms with Gasteiger partial charge in [0.25, 0.3) is 5.91 Å². The lowest BCUT2D eigenvalue weighted by molar-refractivity contribution is -0.131. The van der Waals surface area contributed by atoms with E-state index in [2.05, 4.69) is 15.0 Å². The highest BCUT2D eigenvalue weighted by Crippen LogP contribution is 2.15. The van der Waals surface area contributed by atoms with Gasteiger partial charge in [0, 0.05) is 44.3 Å². The molecule has 0 bridgehead atoms. The van der Waals surface area contributed by atoms with Gasteiger partial charge in [-0.3, -0.25) is 14.5 Å². The van der Waals surface area contributed by atoms with Crippen molar-refractivity contribution in [3.8, 4) is 5.69 Å². The summed E-state index contributed by atoms with van der Waals surface area (Å²) in [5, 5.41) is 5.08. The van der Waals surface area contributed by atoms with Crippen molar-refractivity contribution in [2.45, 2.75) is 26.2 Å². The number of nitrogens with zero attached hydrogens (tertiary/aromatic N) is 6. The summed E-state index contributed by atoms with van der Waals surface area (Å²) >= 11 is 5.96. The molecule has 8 nitrogen and oxygen atoms in total. The van der Waals surface area contributed by atoms with Crippen LogP contribution in [0.2, 0.25) is 5.02 Å². The van der Waals surface area contributed by atoms with E-state index in [0.29, 0.717) is 37.0 Å². The molecular weight excluding hydrogens is 404 g/mol. The fraction of sp³-hybridized carbons (Fsp3) is 0.524. The van der Waals surface area contributed by atoms with Crippen LogP contribution in [0.4, 0.5) is 0 Å². The molecule has 0 radical (unpaired) electrons. The van der Waals surface area contributed by atoms with Crippen LogP contribution in [0.5, 0.6) is 0 Å². The summed E-state index contributed by atoms with van der Waals surface area (Å²) in [6, 6.07) is 7.26. The number of amides is 2. The van der Waals surface area contributed by atoms with Crippen LogP contribution < -0.4 is 0 Å². The third-order valence-electron chi connectivity index (χ3n) is 5.72. The maximum Gasteiger partial charge on any atom is 0.293 e. The van der Waals surface area contributed by atoms with Crippen LogP contribution in [0, 0.1) is 6.92 Å². The summed E-state index contributed by atoms with van der Waals surface area (Å²) in [4.78, 5) is 35.7. The van der Waals surface area contributed by atoms with Crippen LogP contribution >= 0.6 is 11.6 Å². The van der Waals surface area contributed by atoms with Gasteiger partial charge in [-0.1, -0.05) is 11.6 Å². The minimum absolute atomic E-state index is 0.168. The number of benzene rings is 1. The van der Waals surface area contributed by atoms with Gasteiger partial charge in [-0.25, -0.2) is 9.67 Å². The number of aryl methyl sites for hydroxylation is 1. The molecule has 2 aliphatic rings.